The van der Waals surface area contributed by atoms with Gasteiger partial charge in [-0.2, -0.15) is 0 Å². The second kappa shape index (κ2) is 5.51. The van der Waals surface area contributed by atoms with Crippen LogP contribution in [0.25, 0.3) is 10.8 Å². The summed E-state index contributed by atoms with van der Waals surface area (Å²) in [6.07, 6.45) is 3.11. The Balaban J connectivity index is 1.86. The molecule has 0 fully saturated rings. The van der Waals surface area contributed by atoms with Gasteiger partial charge in [0.05, 0.1) is 18.1 Å². The molecular weight excluding hydrogens is 320 g/mol. The Morgan fingerprint density at radius 2 is 2.00 bits per heavy atom. The fourth-order valence-electron chi connectivity index (χ4n) is 1.99. The van der Waals surface area contributed by atoms with E-state index in [1.807, 2.05) is 30.3 Å². The SMILES string of the molecule is O=C(OCc1ccoc1)c1ccc2ccccc2c1Br. The molecule has 1 heterocycles. The van der Waals surface area contributed by atoms with Gasteiger partial charge in [-0.25, -0.2) is 4.79 Å². The molecule has 2 aromatic carbocycles. The summed E-state index contributed by atoms with van der Waals surface area (Å²) >= 11 is 3.48. The summed E-state index contributed by atoms with van der Waals surface area (Å²) in [5, 5.41) is 2.07. The van der Waals surface area contributed by atoms with Crippen molar-refractivity contribution in [3.8, 4) is 0 Å². The number of esters is 1. The molecule has 0 spiro atoms. The highest BCUT2D eigenvalue weighted by atomic mass is 79.9. The van der Waals surface area contributed by atoms with E-state index in [0.717, 1.165) is 20.8 Å². The van der Waals surface area contributed by atoms with E-state index in [9.17, 15) is 4.79 Å². The van der Waals surface area contributed by atoms with Gasteiger partial charge in [0, 0.05) is 10.0 Å². The molecule has 3 nitrogen and oxygen atoms in total. The maximum absolute atomic E-state index is 12.1. The Hall–Kier alpha value is -2.07. The molecule has 4 heteroatoms. The van der Waals surface area contributed by atoms with E-state index in [2.05, 4.69) is 15.9 Å². The van der Waals surface area contributed by atoms with Crippen LogP contribution in [-0.2, 0) is 11.3 Å². The maximum Gasteiger partial charge on any atom is 0.339 e. The molecular formula is C16H11BrO3. The van der Waals surface area contributed by atoms with Crippen molar-refractivity contribution in [2.24, 2.45) is 0 Å². The first-order chi connectivity index (χ1) is 9.75. The second-order valence-corrected chi connectivity index (χ2v) is 5.15. The third-order valence-electron chi connectivity index (χ3n) is 3.03. The van der Waals surface area contributed by atoms with E-state index in [4.69, 9.17) is 9.15 Å². The number of benzene rings is 2. The van der Waals surface area contributed by atoms with Crippen molar-refractivity contribution in [1.29, 1.82) is 0 Å². The third-order valence-corrected chi connectivity index (χ3v) is 3.89. The number of carbonyl (C=O) groups excluding carboxylic acids is 1. The number of hydrogen-bond donors (Lipinski definition) is 0. The van der Waals surface area contributed by atoms with Crippen molar-refractivity contribution in [3.05, 3.63) is 70.6 Å². The van der Waals surface area contributed by atoms with Crippen LogP contribution < -0.4 is 0 Å². The quantitative estimate of drug-likeness (QED) is 0.661. The van der Waals surface area contributed by atoms with Crippen molar-refractivity contribution < 1.29 is 13.9 Å². The highest BCUT2D eigenvalue weighted by molar-refractivity contribution is 9.10. The number of halogens is 1. The smallest absolute Gasteiger partial charge is 0.339 e. The highest BCUT2D eigenvalue weighted by Gasteiger charge is 2.14. The van der Waals surface area contributed by atoms with Gasteiger partial charge >= 0.3 is 5.97 Å². The van der Waals surface area contributed by atoms with Crippen LogP contribution in [-0.4, -0.2) is 5.97 Å². The Labute approximate surface area is 124 Å². The lowest BCUT2D eigenvalue weighted by atomic mass is 10.1. The van der Waals surface area contributed by atoms with Crippen LogP contribution in [0, 0.1) is 0 Å². The molecule has 3 aromatic rings. The van der Waals surface area contributed by atoms with Gasteiger partial charge in [0.25, 0.3) is 0 Å². The summed E-state index contributed by atoms with van der Waals surface area (Å²) in [6, 6.07) is 13.3. The number of carbonyl (C=O) groups is 1. The molecule has 0 amide bonds. The highest BCUT2D eigenvalue weighted by Crippen LogP contribution is 2.28. The standard InChI is InChI=1S/C16H11BrO3/c17-15-13-4-2-1-3-12(13)5-6-14(15)16(18)20-10-11-7-8-19-9-11/h1-9H,10H2. The minimum atomic E-state index is -0.358. The summed E-state index contributed by atoms with van der Waals surface area (Å²) in [4.78, 5) is 12.1. The number of hydrogen-bond acceptors (Lipinski definition) is 3. The second-order valence-electron chi connectivity index (χ2n) is 4.36. The molecule has 0 atom stereocenters. The summed E-state index contributed by atoms with van der Waals surface area (Å²) in [7, 11) is 0. The summed E-state index contributed by atoms with van der Waals surface area (Å²) in [5.41, 5.74) is 1.35. The first kappa shape index (κ1) is 12.9. The fraction of sp³-hybridized carbons (Fsp3) is 0.0625. The van der Waals surface area contributed by atoms with Gasteiger partial charge in [0.1, 0.15) is 6.61 Å². The van der Waals surface area contributed by atoms with Gasteiger partial charge < -0.3 is 9.15 Å². The van der Waals surface area contributed by atoms with Crippen LogP contribution in [0.3, 0.4) is 0 Å². The molecule has 20 heavy (non-hydrogen) atoms. The fourth-order valence-corrected chi connectivity index (χ4v) is 2.65. The van der Waals surface area contributed by atoms with Gasteiger partial charge in [-0.1, -0.05) is 30.3 Å². The van der Waals surface area contributed by atoms with Crippen LogP contribution in [0.15, 0.2) is 63.9 Å². The topological polar surface area (TPSA) is 39.4 Å². The molecule has 0 aliphatic heterocycles. The molecule has 100 valence electrons. The minimum Gasteiger partial charge on any atom is -0.472 e. The van der Waals surface area contributed by atoms with Gasteiger partial charge in [-0.05, 0) is 38.8 Å². The van der Waals surface area contributed by atoms with Crippen LogP contribution in [0.1, 0.15) is 15.9 Å². The zero-order valence-electron chi connectivity index (χ0n) is 10.5. The van der Waals surface area contributed by atoms with Crippen LogP contribution >= 0.6 is 15.9 Å². The normalized spacial score (nSPS) is 10.7. The lowest BCUT2D eigenvalue weighted by Gasteiger charge is -2.08. The van der Waals surface area contributed by atoms with Gasteiger partial charge in [0.15, 0.2) is 0 Å². The molecule has 3 rings (SSSR count). The van der Waals surface area contributed by atoms with Crippen molar-refractivity contribution >= 4 is 32.7 Å². The lowest BCUT2D eigenvalue weighted by molar-refractivity contribution is 0.0471. The van der Waals surface area contributed by atoms with Gasteiger partial charge in [-0.3, -0.25) is 0 Å². The molecule has 0 bridgehead atoms. The average Bonchev–Trinajstić information content (AvgIpc) is 2.99. The first-order valence-electron chi connectivity index (χ1n) is 6.11. The Kier molecular flexibility index (Phi) is 3.56. The van der Waals surface area contributed by atoms with E-state index < -0.39 is 0 Å². The molecule has 0 aliphatic carbocycles. The molecule has 1 aromatic heterocycles. The Morgan fingerprint density at radius 3 is 2.80 bits per heavy atom. The minimum absolute atomic E-state index is 0.203. The monoisotopic (exact) mass is 330 g/mol. The first-order valence-corrected chi connectivity index (χ1v) is 6.90. The van der Waals surface area contributed by atoms with E-state index >= 15 is 0 Å². The van der Waals surface area contributed by atoms with Crippen molar-refractivity contribution in [2.75, 3.05) is 0 Å². The zero-order valence-corrected chi connectivity index (χ0v) is 12.1. The predicted octanol–water partition coefficient (Wildman–Crippen LogP) is 4.55. The van der Waals surface area contributed by atoms with Crippen molar-refractivity contribution in [1.82, 2.24) is 0 Å². The van der Waals surface area contributed by atoms with Crippen molar-refractivity contribution in [2.45, 2.75) is 6.61 Å². The number of fused-ring (bicyclic) bond motifs is 1. The summed E-state index contributed by atoms with van der Waals surface area (Å²) in [5.74, 6) is -0.358. The number of furan rings is 1. The van der Waals surface area contributed by atoms with E-state index in [-0.39, 0.29) is 12.6 Å². The molecule has 0 unspecified atom stereocenters. The van der Waals surface area contributed by atoms with E-state index in [0.29, 0.717) is 5.56 Å². The Bertz CT molecular complexity index is 748. The molecule has 0 saturated carbocycles. The van der Waals surface area contributed by atoms with Gasteiger partial charge in [0.2, 0.25) is 0 Å². The molecule has 0 radical (unpaired) electrons. The van der Waals surface area contributed by atoms with Crippen LogP contribution in [0.5, 0.6) is 0 Å². The van der Waals surface area contributed by atoms with E-state index in [1.54, 1.807) is 24.7 Å². The molecule has 0 N–H and O–H groups in total. The third kappa shape index (κ3) is 2.47. The van der Waals surface area contributed by atoms with E-state index in [1.165, 1.54) is 0 Å². The zero-order chi connectivity index (χ0) is 13.9. The van der Waals surface area contributed by atoms with Crippen LogP contribution in [0.2, 0.25) is 0 Å². The lowest BCUT2D eigenvalue weighted by Crippen LogP contribution is -2.05. The average molecular weight is 331 g/mol. The summed E-state index contributed by atoms with van der Waals surface area (Å²) in [6.45, 7) is 0.203. The maximum atomic E-state index is 12.1. The number of ether oxygens (including phenoxy) is 1. The molecule has 0 aliphatic rings. The van der Waals surface area contributed by atoms with Crippen molar-refractivity contribution in [3.63, 3.8) is 0 Å². The largest absolute Gasteiger partial charge is 0.472 e. The summed E-state index contributed by atoms with van der Waals surface area (Å²) < 4.78 is 11.0. The predicted molar refractivity (Wildman–Crippen MR) is 79.5 cm³/mol. The Morgan fingerprint density at radius 1 is 1.15 bits per heavy atom. The number of rotatable bonds is 3. The molecule has 0 saturated heterocycles. The van der Waals surface area contributed by atoms with Gasteiger partial charge in [-0.15, -0.1) is 0 Å². The van der Waals surface area contributed by atoms with Crippen LogP contribution in [0.4, 0.5) is 0 Å².